The second-order valence-electron chi connectivity index (χ2n) is 4.98. The zero-order chi connectivity index (χ0) is 19.9. The number of rotatable bonds is 3. The molecule has 0 heterocycles. The van der Waals surface area contributed by atoms with E-state index in [-0.39, 0.29) is 15.7 Å². The van der Waals surface area contributed by atoms with Crippen molar-refractivity contribution in [2.45, 2.75) is 10.7 Å². The van der Waals surface area contributed by atoms with Gasteiger partial charge in [0.1, 0.15) is 0 Å². The molecule has 0 aliphatic rings. The van der Waals surface area contributed by atoms with Crippen molar-refractivity contribution in [1.82, 2.24) is 0 Å². The Morgan fingerprint density at radius 2 is 1.31 bits per heavy atom. The van der Waals surface area contributed by atoms with Gasteiger partial charge in [0.2, 0.25) is 0 Å². The molecule has 2 aromatic rings. The number of carbonyl (C=O) groups excluding carboxylic acids is 2. The minimum absolute atomic E-state index is 0.00832. The fourth-order valence-electron chi connectivity index (χ4n) is 1.85. The summed E-state index contributed by atoms with van der Waals surface area (Å²) in [7, 11) is 2.74. The third kappa shape index (κ3) is 6.79. The Morgan fingerprint density at radius 3 is 1.73 bits per heavy atom. The molecule has 0 aliphatic carbocycles. The van der Waals surface area contributed by atoms with E-state index in [1.807, 2.05) is 19.1 Å². The highest BCUT2D eigenvalue weighted by Crippen LogP contribution is 2.35. The maximum atomic E-state index is 11.2. The van der Waals surface area contributed by atoms with Crippen molar-refractivity contribution in [2.75, 3.05) is 14.2 Å². The first-order chi connectivity index (χ1) is 12.2. The number of carbonyl (C=O) groups is 2. The molecule has 0 spiro atoms. The van der Waals surface area contributed by atoms with E-state index in [0.717, 1.165) is 20.1 Å². The lowest BCUT2D eigenvalue weighted by atomic mass is 10.1. The summed E-state index contributed by atoms with van der Waals surface area (Å²) < 4.78 is 11.1. The number of halogens is 4. The Labute approximate surface area is 186 Å². The molecule has 0 amide bonds. The van der Waals surface area contributed by atoms with Crippen molar-refractivity contribution in [3.05, 3.63) is 67.6 Å². The van der Waals surface area contributed by atoms with Gasteiger partial charge < -0.3 is 9.47 Å². The molecular weight excluding hydrogens is 600 g/mol. The van der Waals surface area contributed by atoms with Crippen molar-refractivity contribution < 1.29 is 19.1 Å². The van der Waals surface area contributed by atoms with Crippen molar-refractivity contribution in [2.24, 2.45) is 0 Å². The van der Waals surface area contributed by atoms with Crippen LogP contribution in [0.5, 0.6) is 0 Å². The normalized spacial score (nSPS) is 10.0. The molecule has 26 heavy (non-hydrogen) atoms. The second-order valence-corrected chi connectivity index (χ2v) is 9.75. The first-order valence-electron chi connectivity index (χ1n) is 7.21. The topological polar surface area (TPSA) is 52.6 Å². The van der Waals surface area contributed by atoms with Crippen LogP contribution in [0.25, 0.3) is 0 Å². The van der Waals surface area contributed by atoms with Crippen LogP contribution in [0, 0.1) is 6.92 Å². The van der Waals surface area contributed by atoms with E-state index in [2.05, 4.69) is 73.2 Å². The molecule has 0 atom stereocenters. The Hall–Kier alpha value is -0.700. The summed E-state index contributed by atoms with van der Waals surface area (Å²) in [4.78, 5) is 22.3. The van der Waals surface area contributed by atoms with Crippen LogP contribution < -0.4 is 0 Å². The largest absolute Gasteiger partial charge is 0.465 e. The molecule has 0 bridgehead atoms. The average Bonchev–Trinajstić information content (AvgIpc) is 2.63. The minimum atomic E-state index is -0.334. The molecule has 0 N–H and O–H groups in total. The Kier molecular flexibility index (Phi) is 10.1. The highest BCUT2D eigenvalue weighted by Gasteiger charge is 2.12. The van der Waals surface area contributed by atoms with Gasteiger partial charge in [-0.25, -0.2) is 9.59 Å². The third-order valence-corrected chi connectivity index (χ3v) is 5.83. The predicted molar refractivity (Wildman–Crippen MR) is 116 cm³/mol. The lowest BCUT2D eigenvalue weighted by Gasteiger charge is -2.07. The van der Waals surface area contributed by atoms with Gasteiger partial charge >= 0.3 is 11.9 Å². The van der Waals surface area contributed by atoms with Gasteiger partial charge in [-0.1, -0.05) is 63.7 Å². The Bertz CT molecular complexity index is 791. The SMILES string of the molecule is COC(=O)c1ccc(Br)c(C(Br)Br)c1.COC(=O)c1ccc(Br)c(C)c1. The number of ether oxygens (including phenoxy) is 2. The highest BCUT2D eigenvalue weighted by atomic mass is 79.9. The maximum Gasteiger partial charge on any atom is 0.337 e. The minimum Gasteiger partial charge on any atom is -0.465 e. The molecular formula is C18H16Br4O4. The first-order valence-corrected chi connectivity index (χ1v) is 10.6. The number of aryl methyl sites for hydroxylation is 1. The van der Waals surface area contributed by atoms with E-state index < -0.39 is 0 Å². The van der Waals surface area contributed by atoms with E-state index in [4.69, 9.17) is 0 Å². The number of benzene rings is 2. The van der Waals surface area contributed by atoms with Crippen LogP contribution in [0.2, 0.25) is 0 Å². The molecule has 0 saturated carbocycles. The standard InChI is InChI=1S/C9H7Br3O2.C9H9BrO2/c1-14-9(13)5-2-3-7(10)6(4-5)8(11)12;1-6-5-7(9(11)12-2)3-4-8(6)10/h2-4,8H,1H3;3-5H,1-2H3. The van der Waals surface area contributed by atoms with Gasteiger partial charge in [0.05, 0.1) is 29.1 Å². The summed E-state index contributed by atoms with van der Waals surface area (Å²) in [6.45, 7) is 1.93. The van der Waals surface area contributed by atoms with Gasteiger partial charge in [-0.2, -0.15) is 0 Å². The highest BCUT2D eigenvalue weighted by molar-refractivity contribution is 9.24. The van der Waals surface area contributed by atoms with E-state index in [0.29, 0.717) is 11.1 Å². The average molecular weight is 616 g/mol. The van der Waals surface area contributed by atoms with E-state index >= 15 is 0 Å². The molecule has 0 unspecified atom stereocenters. The molecule has 2 rings (SSSR count). The monoisotopic (exact) mass is 612 g/mol. The van der Waals surface area contributed by atoms with Gasteiger partial charge in [0, 0.05) is 8.95 Å². The number of alkyl halides is 2. The molecule has 8 heteroatoms. The first kappa shape index (κ1) is 23.3. The zero-order valence-electron chi connectivity index (χ0n) is 14.2. The molecule has 0 saturated heterocycles. The van der Waals surface area contributed by atoms with E-state index in [1.54, 1.807) is 24.3 Å². The van der Waals surface area contributed by atoms with Crippen molar-refractivity contribution in [3.8, 4) is 0 Å². The molecule has 0 radical (unpaired) electrons. The molecule has 140 valence electrons. The third-order valence-electron chi connectivity index (χ3n) is 3.23. The van der Waals surface area contributed by atoms with Crippen LogP contribution in [-0.4, -0.2) is 26.2 Å². The van der Waals surface area contributed by atoms with Gasteiger partial charge in [-0.15, -0.1) is 0 Å². The van der Waals surface area contributed by atoms with Crippen LogP contribution in [0.4, 0.5) is 0 Å². The molecule has 4 nitrogen and oxygen atoms in total. The van der Waals surface area contributed by atoms with Gasteiger partial charge in [-0.05, 0) is 54.4 Å². The van der Waals surface area contributed by atoms with Crippen molar-refractivity contribution in [3.63, 3.8) is 0 Å². The van der Waals surface area contributed by atoms with Crippen LogP contribution in [-0.2, 0) is 9.47 Å². The lowest BCUT2D eigenvalue weighted by molar-refractivity contribution is 0.0591. The van der Waals surface area contributed by atoms with Gasteiger partial charge in [0.15, 0.2) is 0 Å². The smallest absolute Gasteiger partial charge is 0.337 e. The Balaban J connectivity index is 0.000000263. The fraction of sp³-hybridized carbons (Fsp3) is 0.222. The number of hydrogen-bond donors (Lipinski definition) is 0. The molecule has 2 aromatic carbocycles. The number of methoxy groups -OCH3 is 2. The molecule has 0 aromatic heterocycles. The lowest BCUT2D eigenvalue weighted by Crippen LogP contribution is -2.01. The summed E-state index contributed by atoms with van der Waals surface area (Å²) in [5.41, 5.74) is 3.10. The zero-order valence-corrected chi connectivity index (χ0v) is 20.5. The summed E-state index contributed by atoms with van der Waals surface area (Å²) in [5, 5.41) is 0. The summed E-state index contributed by atoms with van der Waals surface area (Å²) in [6, 6.07) is 10.6. The van der Waals surface area contributed by atoms with E-state index in [9.17, 15) is 9.59 Å². The Morgan fingerprint density at radius 1 is 0.846 bits per heavy atom. The van der Waals surface area contributed by atoms with Crippen LogP contribution in [0.15, 0.2) is 45.3 Å². The van der Waals surface area contributed by atoms with Gasteiger partial charge in [0.25, 0.3) is 0 Å². The fourth-order valence-corrected chi connectivity index (χ4v) is 3.94. The maximum absolute atomic E-state index is 11.2. The number of hydrogen-bond acceptors (Lipinski definition) is 4. The van der Waals surface area contributed by atoms with Crippen molar-refractivity contribution in [1.29, 1.82) is 0 Å². The van der Waals surface area contributed by atoms with Gasteiger partial charge in [-0.3, -0.25) is 0 Å². The second kappa shape index (κ2) is 11.2. The summed E-state index contributed by atoms with van der Waals surface area (Å²) >= 11 is 13.5. The summed E-state index contributed by atoms with van der Waals surface area (Å²) in [5.74, 6) is -0.634. The summed E-state index contributed by atoms with van der Waals surface area (Å²) in [6.07, 6.45) is 0. The van der Waals surface area contributed by atoms with Crippen LogP contribution in [0.1, 0.15) is 35.6 Å². The number of esters is 2. The molecule has 0 aliphatic heterocycles. The molecule has 0 fully saturated rings. The van der Waals surface area contributed by atoms with Crippen LogP contribution >= 0.6 is 63.7 Å². The quantitative estimate of drug-likeness (QED) is 0.290. The van der Waals surface area contributed by atoms with Crippen molar-refractivity contribution >= 4 is 75.7 Å². The predicted octanol–water partition coefficient (Wildman–Crippen LogP) is 6.57. The van der Waals surface area contributed by atoms with Crippen LogP contribution in [0.3, 0.4) is 0 Å². The van der Waals surface area contributed by atoms with E-state index in [1.165, 1.54) is 14.2 Å².